The van der Waals surface area contributed by atoms with Gasteiger partial charge in [0.25, 0.3) is 0 Å². The van der Waals surface area contributed by atoms with E-state index >= 15 is 0 Å². The number of amides is 1. The Morgan fingerprint density at radius 3 is 2.41 bits per heavy atom. The predicted octanol–water partition coefficient (Wildman–Crippen LogP) is -0.628. The third-order valence-electron chi connectivity index (χ3n) is 11.4. The molecule has 0 radical (unpaired) electrons. The average Bonchev–Trinajstić information content (AvgIpc) is 3.15. The maximum absolute atomic E-state index is 12.6. The van der Waals surface area contributed by atoms with Crippen molar-refractivity contribution < 1.29 is 62.6 Å². The first-order valence-electron chi connectivity index (χ1n) is 13.9. The monoisotopic (exact) mass is 550 g/mol. The molecule has 4 aliphatic carbocycles. The van der Waals surface area contributed by atoms with Crippen molar-refractivity contribution in [1.82, 2.24) is 4.90 Å². The van der Waals surface area contributed by atoms with Crippen molar-refractivity contribution in [2.75, 3.05) is 19.3 Å². The maximum atomic E-state index is 12.6. The van der Waals surface area contributed by atoms with Crippen LogP contribution in [0.15, 0.2) is 0 Å². The number of carbonyl (C=O) groups excluding carboxylic acids is 1. The molecule has 0 aliphatic heterocycles. The van der Waals surface area contributed by atoms with E-state index in [1.165, 1.54) is 11.9 Å². The molecule has 8 nitrogen and oxygen atoms in total. The van der Waals surface area contributed by atoms with Gasteiger partial charge >= 0.3 is 29.6 Å². The molecule has 0 aromatic heterocycles. The van der Waals surface area contributed by atoms with E-state index in [1.54, 1.807) is 0 Å². The molecule has 208 valence electrons. The van der Waals surface area contributed by atoms with Gasteiger partial charge in [0.2, 0.25) is 5.91 Å². The second-order valence-electron chi connectivity index (χ2n) is 13.1. The molecule has 10 heteroatoms. The van der Waals surface area contributed by atoms with E-state index in [0.29, 0.717) is 18.8 Å². The average molecular weight is 551 g/mol. The summed E-state index contributed by atoms with van der Waals surface area (Å²) in [5.74, 6) is 0.634. The molecule has 4 aliphatic rings. The van der Waals surface area contributed by atoms with Crippen LogP contribution in [0.1, 0.15) is 78.6 Å². The zero-order chi connectivity index (χ0) is 26.6. The minimum atomic E-state index is -4.36. The van der Waals surface area contributed by atoms with E-state index in [0.717, 1.165) is 38.5 Å². The van der Waals surface area contributed by atoms with Gasteiger partial charge in [-0.1, -0.05) is 20.8 Å². The Kier molecular flexibility index (Phi) is 9.99. The van der Waals surface area contributed by atoms with Crippen LogP contribution in [0.2, 0.25) is 0 Å². The van der Waals surface area contributed by atoms with Gasteiger partial charge < -0.3 is 24.8 Å². The van der Waals surface area contributed by atoms with Crippen LogP contribution >= 0.6 is 0 Å². The van der Waals surface area contributed by atoms with Crippen LogP contribution in [0.25, 0.3) is 0 Å². The summed E-state index contributed by atoms with van der Waals surface area (Å²) in [6.45, 7) is 6.58. The first-order chi connectivity index (χ1) is 16.7. The molecular weight excluding hydrogens is 504 g/mol. The second kappa shape index (κ2) is 11.6. The molecule has 4 unspecified atom stereocenters. The van der Waals surface area contributed by atoms with E-state index in [4.69, 9.17) is 0 Å². The quantitative estimate of drug-likeness (QED) is 0.284. The fourth-order valence-electron chi connectivity index (χ4n) is 9.25. The first kappa shape index (κ1) is 31.8. The number of hydrogen-bond donors (Lipinski definition) is 3. The fraction of sp³-hybridized carbons (Fsp3) is 0.963. The molecule has 37 heavy (non-hydrogen) atoms. The van der Waals surface area contributed by atoms with Gasteiger partial charge in [0.05, 0.1) is 34.2 Å². The summed E-state index contributed by atoms with van der Waals surface area (Å²) in [4.78, 5) is 13.9. The summed E-state index contributed by atoms with van der Waals surface area (Å²) in [6, 6.07) is 0. The molecule has 4 saturated carbocycles. The number of rotatable bonds is 7. The molecule has 11 atom stereocenters. The Morgan fingerprint density at radius 1 is 1.08 bits per heavy atom. The van der Waals surface area contributed by atoms with E-state index < -0.39 is 28.1 Å². The predicted molar refractivity (Wildman–Crippen MR) is 135 cm³/mol. The standard InChI is InChI=1S/C27H47NO7S.Na/c1-16(5-8-24(32)28(4)11-12-36(33,34)35)19-6-7-20-25-21(15-23(31)27(19,20)3)26(2)10-9-18(29)13-17(26)14-22(25)30;/h16-23,25,29-31H,5-15H2,1-4H3,(H,33,34,35);/q;+1/p-1/t16-,17?,18-,19-,20?,21?,22-,23+,25?,26+,27-;/m1./s1/i4-1;. The summed E-state index contributed by atoms with van der Waals surface area (Å²) in [7, 11) is -2.83. The minimum Gasteiger partial charge on any atom is -0.748 e. The summed E-state index contributed by atoms with van der Waals surface area (Å²) in [6.07, 6.45) is 5.62. The number of aliphatic hydroxyl groups excluding tert-OH is 3. The zero-order valence-electron chi connectivity index (χ0n) is 23.3. The van der Waals surface area contributed by atoms with Crippen LogP contribution in [0.3, 0.4) is 0 Å². The summed E-state index contributed by atoms with van der Waals surface area (Å²) in [5, 5.41) is 33.3. The smallest absolute Gasteiger partial charge is 0.748 e. The summed E-state index contributed by atoms with van der Waals surface area (Å²) >= 11 is 0. The van der Waals surface area contributed by atoms with E-state index in [2.05, 4.69) is 20.8 Å². The van der Waals surface area contributed by atoms with Crippen molar-refractivity contribution in [2.24, 2.45) is 46.3 Å². The number of carbonyl (C=O) groups is 1. The Balaban J connectivity index is 0.00000380. The van der Waals surface area contributed by atoms with Gasteiger partial charge in [-0.3, -0.25) is 4.79 Å². The number of nitrogens with zero attached hydrogens (tertiary/aromatic N) is 1. The first-order valence-corrected chi connectivity index (χ1v) is 15.5. The van der Waals surface area contributed by atoms with Gasteiger partial charge in [-0.15, -0.1) is 0 Å². The Hall–Kier alpha value is 0.260. The van der Waals surface area contributed by atoms with Gasteiger partial charge in [-0.25, -0.2) is 8.42 Å². The van der Waals surface area contributed by atoms with Crippen LogP contribution in [0.5, 0.6) is 0 Å². The normalized spacial score (nSPS) is 44.1. The number of hydrogen-bond acceptors (Lipinski definition) is 7. The molecule has 3 N–H and O–H groups in total. The summed E-state index contributed by atoms with van der Waals surface area (Å²) < 4.78 is 32.7. The van der Waals surface area contributed by atoms with Crippen molar-refractivity contribution in [3.8, 4) is 0 Å². The second-order valence-corrected chi connectivity index (χ2v) is 14.6. The van der Waals surface area contributed by atoms with Crippen LogP contribution in [-0.2, 0) is 14.9 Å². The van der Waals surface area contributed by atoms with Crippen molar-refractivity contribution in [3.63, 3.8) is 0 Å². The Bertz CT molecular complexity index is 934. The van der Waals surface area contributed by atoms with Crippen LogP contribution in [-0.4, -0.2) is 76.8 Å². The van der Waals surface area contributed by atoms with Crippen molar-refractivity contribution in [2.45, 2.75) is 96.9 Å². The molecule has 0 saturated heterocycles. The topological polar surface area (TPSA) is 138 Å². The number of fused-ring (bicyclic) bond motifs is 5. The third kappa shape index (κ3) is 5.99. The molecule has 1 amide bonds. The van der Waals surface area contributed by atoms with E-state index in [9.17, 15) is 33.1 Å². The maximum Gasteiger partial charge on any atom is 1.00 e. The van der Waals surface area contributed by atoms with E-state index in [1.807, 2.05) is 0 Å². The van der Waals surface area contributed by atoms with Gasteiger partial charge in [-0.2, -0.15) is 0 Å². The minimum absolute atomic E-state index is 0. The molecular formula is C27H46NNaO7S. The van der Waals surface area contributed by atoms with Crippen LogP contribution < -0.4 is 29.6 Å². The zero-order valence-corrected chi connectivity index (χ0v) is 26.1. The SMILES string of the molecule is C[C@H](CCC(=O)N([11CH3])CCS(=O)(=O)[O-])[C@H]1CCC2C3C(C[C@H](O)[C@@]21C)[C@@]1(C)CC[C@@H](O)CC1C[C@H]3O.[Na+]. The Morgan fingerprint density at radius 2 is 1.76 bits per heavy atom. The van der Waals surface area contributed by atoms with Crippen molar-refractivity contribution in [1.29, 1.82) is 0 Å². The molecule has 0 spiro atoms. The van der Waals surface area contributed by atoms with Crippen LogP contribution in [0, 0.1) is 46.3 Å². The molecule has 4 rings (SSSR count). The van der Waals surface area contributed by atoms with Gasteiger partial charge in [0.1, 0.15) is 0 Å². The van der Waals surface area contributed by atoms with Gasteiger partial charge in [0, 0.05) is 20.0 Å². The van der Waals surface area contributed by atoms with Gasteiger partial charge in [0.15, 0.2) is 0 Å². The molecule has 0 aromatic rings. The Labute approximate surface area is 245 Å². The molecule has 4 fully saturated rings. The van der Waals surface area contributed by atoms with Crippen LogP contribution in [0.4, 0.5) is 0 Å². The summed E-state index contributed by atoms with van der Waals surface area (Å²) in [5.41, 5.74) is -0.270. The molecule has 0 aromatic carbocycles. The molecule has 0 bridgehead atoms. The van der Waals surface area contributed by atoms with Crippen molar-refractivity contribution >= 4 is 16.0 Å². The number of aliphatic hydroxyl groups is 3. The largest absolute Gasteiger partial charge is 1.00 e. The fourth-order valence-corrected chi connectivity index (χ4v) is 9.75. The van der Waals surface area contributed by atoms with E-state index in [-0.39, 0.29) is 95.0 Å². The van der Waals surface area contributed by atoms with Crippen molar-refractivity contribution in [3.05, 3.63) is 0 Å². The molecule has 0 heterocycles. The third-order valence-corrected chi connectivity index (χ3v) is 12.1. The van der Waals surface area contributed by atoms with Gasteiger partial charge in [-0.05, 0) is 97.7 Å².